The first-order valence-electron chi connectivity index (χ1n) is 6.47. The van der Waals surface area contributed by atoms with Crippen LogP contribution in [0.4, 0.5) is 0 Å². The Kier molecular flexibility index (Phi) is 5.10. The van der Waals surface area contributed by atoms with E-state index in [4.69, 9.17) is 5.11 Å². The average molecular weight is 263 g/mol. The van der Waals surface area contributed by atoms with Gasteiger partial charge in [0.05, 0.1) is 12.0 Å². The monoisotopic (exact) mass is 263 g/mol. The lowest BCUT2D eigenvalue weighted by molar-refractivity contribution is -0.122. The Hall–Kier alpha value is -1.84. The Morgan fingerprint density at radius 3 is 2.26 bits per heavy atom. The molecule has 0 fully saturated rings. The van der Waals surface area contributed by atoms with Gasteiger partial charge in [-0.2, -0.15) is 0 Å². The molecule has 0 aliphatic rings. The largest absolute Gasteiger partial charge is 0.478 e. The molecule has 0 aromatic heterocycles. The van der Waals surface area contributed by atoms with Crippen LogP contribution in [-0.2, 0) is 11.2 Å². The third kappa shape index (κ3) is 5.12. The van der Waals surface area contributed by atoms with Gasteiger partial charge in [-0.05, 0) is 38.0 Å². The van der Waals surface area contributed by atoms with Crippen molar-refractivity contribution in [2.45, 2.75) is 45.6 Å². The van der Waals surface area contributed by atoms with Crippen LogP contribution in [0.1, 0.15) is 49.5 Å². The lowest BCUT2D eigenvalue weighted by Gasteiger charge is -2.25. The highest BCUT2D eigenvalue weighted by Crippen LogP contribution is 2.11. The molecule has 1 rings (SSSR count). The molecule has 104 valence electrons. The van der Waals surface area contributed by atoms with Crippen LogP contribution in [0.15, 0.2) is 24.3 Å². The number of nitrogens with one attached hydrogen (secondary N) is 1. The van der Waals surface area contributed by atoms with E-state index in [1.54, 1.807) is 12.1 Å². The zero-order valence-corrected chi connectivity index (χ0v) is 11.7. The van der Waals surface area contributed by atoms with Gasteiger partial charge in [-0.3, -0.25) is 4.79 Å². The highest BCUT2D eigenvalue weighted by molar-refractivity contribution is 5.87. The molecular weight excluding hydrogens is 242 g/mol. The van der Waals surface area contributed by atoms with Crippen LogP contribution in [-0.4, -0.2) is 22.5 Å². The maximum absolute atomic E-state index is 11.9. The number of hydrogen-bond acceptors (Lipinski definition) is 2. The van der Waals surface area contributed by atoms with E-state index >= 15 is 0 Å². The fourth-order valence-corrected chi connectivity index (χ4v) is 2.06. The van der Waals surface area contributed by atoms with E-state index in [1.807, 2.05) is 13.8 Å². The molecular formula is C15H21NO3. The number of aromatic carboxylic acids is 1. The van der Waals surface area contributed by atoms with Gasteiger partial charge in [0.25, 0.3) is 0 Å². The summed E-state index contributed by atoms with van der Waals surface area (Å²) in [5, 5.41) is 11.8. The first-order chi connectivity index (χ1) is 8.84. The van der Waals surface area contributed by atoms with E-state index in [0.29, 0.717) is 0 Å². The minimum atomic E-state index is -0.958. The Bertz CT molecular complexity index is 449. The summed E-state index contributed by atoms with van der Waals surface area (Å²) in [5.41, 5.74) is 0.845. The van der Waals surface area contributed by atoms with Gasteiger partial charge in [0.1, 0.15) is 0 Å². The fraction of sp³-hybridized carbons (Fsp3) is 0.467. The van der Waals surface area contributed by atoms with Crippen LogP contribution in [0, 0.1) is 0 Å². The van der Waals surface area contributed by atoms with Gasteiger partial charge in [0, 0.05) is 5.54 Å². The first-order valence-corrected chi connectivity index (χ1v) is 6.47. The third-order valence-electron chi connectivity index (χ3n) is 2.92. The van der Waals surface area contributed by atoms with Crippen LogP contribution in [0.2, 0.25) is 0 Å². The zero-order chi connectivity index (χ0) is 14.5. The molecule has 0 aliphatic heterocycles. The number of amides is 1. The molecule has 2 N–H and O–H groups in total. The molecule has 0 heterocycles. The van der Waals surface area contributed by atoms with E-state index in [0.717, 1.165) is 18.4 Å². The smallest absolute Gasteiger partial charge is 0.335 e. The molecule has 0 saturated heterocycles. The molecule has 0 atom stereocenters. The fourth-order valence-electron chi connectivity index (χ4n) is 2.06. The average Bonchev–Trinajstić information content (AvgIpc) is 2.28. The molecule has 0 spiro atoms. The predicted molar refractivity (Wildman–Crippen MR) is 74.2 cm³/mol. The van der Waals surface area contributed by atoms with Crippen LogP contribution in [0.3, 0.4) is 0 Å². The highest BCUT2D eigenvalue weighted by Gasteiger charge is 2.19. The summed E-state index contributed by atoms with van der Waals surface area (Å²) in [6.07, 6.45) is 2.21. The summed E-state index contributed by atoms with van der Waals surface area (Å²) in [5.74, 6) is -0.999. The highest BCUT2D eigenvalue weighted by atomic mass is 16.4. The number of rotatable bonds is 6. The standard InChI is InChI=1S/C15H21NO3/c1-4-9-15(2,3)16-13(17)10-11-5-7-12(8-6-11)14(18)19/h5-8H,4,9-10H2,1-3H3,(H,16,17)(H,18,19). The summed E-state index contributed by atoms with van der Waals surface area (Å²) in [6, 6.07) is 6.38. The van der Waals surface area contributed by atoms with E-state index in [9.17, 15) is 9.59 Å². The Morgan fingerprint density at radius 2 is 1.79 bits per heavy atom. The van der Waals surface area contributed by atoms with Crippen molar-refractivity contribution in [3.05, 3.63) is 35.4 Å². The molecule has 0 aliphatic carbocycles. The Balaban J connectivity index is 2.59. The maximum atomic E-state index is 11.9. The van der Waals surface area contributed by atoms with Crippen molar-refractivity contribution in [1.82, 2.24) is 5.32 Å². The van der Waals surface area contributed by atoms with Crippen molar-refractivity contribution in [1.29, 1.82) is 0 Å². The van der Waals surface area contributed by atoms with Crippen molar-refractivity contribution < 1.29 is 14.7 Å². The van der Waals surface area contributed by atoms with Gasteiger partial charge in [0.15, 0.2) is 0 Å². The van der Waals surface area contributed by atoms with Gasteiger partial charge in [-0.25, -0.2) is 4.79 Å². The van der Waals surface area contributed by atoms with Crippen LogP contribution in [0.25, 0.3) is 0 Å². The zero-order valence-electron chi connectivity index (χ0n) is 11.7. The molecule has 0 saturated carbocycles. The van der Waals surface area contributed by atoms with E-state index in [-0.39, 0.29) is 23.4 Å². The molecule has 1 amide bonds. The number of hydrogen-bond donors (Lipinski definition) is 2. The van der Waals surface area contributed by atoms with Crippen molar-refractivity contribution in [2.24, 2.45) is 0 Å². The maximum Gasteiger partial charge on any atom is 0.335 e. The first kappa shape index (κ1) is 15.2. The minimum absolute atomic E-state index is 0.0403. The summed E-state index contributed by atoms with van der Waals surface area (Å²) < 4.78 is 0. The van der Waals surface area contributed by atoms with Gasteiger partial charge in [-0.15, -0.1) is 0 Å². The normalized spacial score (nSPS) is 11.1. The number of carboxylic acid groups (broad SMARTS) is 1. The summed E-state index contributed by atoms with van der Waals surface area (Å²) >= 11 is 0. The predicted octanol–water partition coefficient (Wildman–Crippen LogP) is 2.62. The Labute approximate surface area is 113 Å². The SMILES string of the molecule is CCCC(C)(C)NC(=O)Cc1ccc(C(=O)O)cc1. The van der Waals surface area contributed by atoms with Crippen LogP contribution >= 0.6 is 0 Å². The van der Waals surface area contributed by atoms with Gasteiger partial charge < -0.3 is 10.4 Å². The minimum Gasteiger partial charge on any atom is -0.478 e. The van der Waals surface area contributed by atoms with E-state index in [2.05, 4.69) is 12.2 Å². The molecule has 1 aromatic carbocycles. The molecule has 0 radical (unpaired) electrons. The molecule has 19 heavy (non-hydrogen) atoms. The second kappa shape index (κ2) is 6.36. The molecule has 4 heteroatoms. The molecule has 0 unspecified atom stereocenters. The van der Waals surface area contributed by atoms with Gasteiger partial charge in [0.2, 0.25) is 5.91 Å². The molecule has 1 aromatic rings. The van der Waals surface area contributed by atoms with E-state index in [1.165, 1.54) is 12.1 Å². The lowest BCUT2D eigenvalue weighted by atomic mass is 9.98. The van der Waals surface area contributed by atoms with Crippen molar-refractivity contribution in [3.8, 4) is 0 Å². The van der Waals surface area contributed by atoms with Crippen molar-refractivity contribution in [2.75, 3.05) is 0 Å². The van der Waals surface area contributed by atoms with Crippen molar-refractivity contribution >= 4 is 11.9 Å². The second-order valence-corrected chi connectivity index (χ2v) is 5.36. The van der Waals surface area contributed by atoms with Crippen LogP contribution in [0.5, 0.6) is 0 Å². The number of carboxylic acids is 1. The quantitative estimate of drug-likeness (QED) is 0.829. The summed E-state index contributed by atoms with van der Waals surface area (Å²) in [4.78, 5) is 22.6. The number of benzene rings is 1. The Morgan fingerprint density at radius 1 is 1.21 bits per heavy atom. The second-order valence-electron chi connectivity index (χ2n) is 5.36. The van der Waals surface area contributed by atoms with Gasteiger partial charge >= 0.3 is 5.97 Å². The van der Waals surface area contributed by atoms with Crippen LogP contribution < -0.4 is 5.32 Å². The summed E-state index contributed by atoms with van der Waals surface area (Å²) in [6.45, 7) is 6.09. The number of carbonyl (C=O) groups excluding carboxylic acids is 1. The lowest BCUT2D eigenvalue weighted by Crippen LogP contribution is -2.43. The summed E-state index contributed by atoms with van der Waals surface area (Å²) in [7, 11) is 0. The third-order valence-corrected chi connectivity index (χ3v) is 2.92. The van der Waals surface area contributed by atoms with E-state index < -0.39 is 5.97 Å². The molecule has 4 nitrogen and oxygen atoms in total. The molecule has 0 bridgehead atoms. The van der Waals surface area contributed by atoms with Gasteiger partial charge in [-0.1, -0.05) is 25.5 Å². The number of carbonyl (C=O) groups is 2. The van der Waals surface area contributed by atoms with Crippen molar-refractivity contribution in [3.63, 3.8) is 0 Å². The topological polar surface area (TPSA) is 66.4 Å².